The summed E-state index contributed by atoms with van der Waals surface area (Å²) < 4.78 is 110. The molecule has 15 rings (SSSR count). The van der Waals surface area contributed by atoms with E-state index in [-0.39, 0.29) is 30.2 Å². The van der Waals surface area contributed by atoms with Gasteiger partial charge in [0, 0.05) is 93.2 Å². The highest BCUT2D eigenvalue weighted by Gasteiger charge is 2.41. The number of hydrogen-bond donors (Lipinski definition) is 3. The molecule has 0 amide bonds. The van der Waals surface area contributed by atoms with Gasteiger partial charge in [0.15, 0.2) is 0 Å². The molecule has 6 heterocycles. The van der Waals surface area contributed by atoms with Crippen molar-refractivity contribution in [1.29, 1.82) is 0 Å². The van der Waals surface area contributed by atoms with Gasteiger partial charge in [0.1, 0.15) is 5.82 Å². The number of para-hydroxylation sites is 3. The lowest BCUT2D eigenvalue weighted by Gasteiger charge is -2.37. The normalized spacial score (nSPS) is 17.7. The number of H-pyrrole nitrogens is 3. The van der Waals surface area contributed by atoms with E-state index < -0.39 is 59.8 Å². The topological polar surface area (TPSA) is 160 Å². The van der Waals surface area contributed by atoms with Crippen molar-refractivity contribution in [3.63, 3.8) is 0 Å². The van der Waals surface area contributed by atoms with Crippen LogP contribution in [0.3, 0.4) is 0 Å². The summed E-state index contributed by atoms with van der Waals surface area (Å²) in [5.41, 5.74) is 15.5. The molecular formula is C72H61FN6O6S3. The minimum atomic E-state index is -4.08. The molecule has 440 valence electrons. The lowest BCUT2D eigenvalue weighted by molar-refractivity contribution is 0.344. The van der Waals surface area contributed by atoms with Crippen LogP contribution in [0.15, 0.2) is 225 Å². The van der Waals surface area contributed by atoms with Crippen LogP contribution >= 0.6 is 0 Å². The molecule has 3 N–H and O–H groups in total. The first-order valence-corrected chi connectivity index (χ1v) is 34.5. The summed E-state index contributed by atoms with van der Waals surface area (Å²) in [6.07, 6.45) is 7.24. The summed E-state index contributed by atoms with van der Waals surface area (Å²) in [5.74, 6) is -1.58. The van der Waals surface area contributed by atoms with Gasteiger partial charge in [-0.2, -0.15) is 12.9 Å². The molecule has 0 fully saturated rings. The van der Waals surface area contributed by atoms with Crippen molar-refractivity contribution >= 4 is 62.8 Å². The first-order chi connectivity index (χ1) is 42.7. The average Bonchev–Trinajstić information content (AvgIpc) is 2.12. The second-order valence-corrected chi connectivity index (χ2v) is 29.2. The number of benzene rings is 9. The van der Waals surface area contributed by atoms with E-state index in [1.807, 2.05) is 176 Å². The lowest BCUT2D eigenvalue weighted by atomic mass is 9.87. The van der Waals surface area contributed by atoms with Crippen molar-refractivity contribution in [3.05, 3.63) is 297 Å². The van der Waals surface area contributed by atoms with E-state index in [0.717, 1.165) is 105 Å². The summed E-state index contributed by atoms with van der Waals surface area (Å²) in [6.45, 7) is 0.779. The Labute approximate surface area is 511 Å². The molecule has 0 aliphatic carbocycles. The number of halogens is 1. The quantitative estimate of drug-likeness (QED) is 0.0983. The van der Waals surface area contributed by atoms with Crippen LogP contribution in [-0.2, 0) is 66.6 Å². The number of rotatable bonds is 14. The standard InChI is InChI=1S/C72H61FN6O6S3/c73-66-23-7-2-16-56(66)46-88(84,85)79-36-33-51-28-30-55(40-62(51)72(79)65-43-76-69-26-10-6-22-60(65)69)53-18-12-14-48(38-53)45-87(82,83)78-35-32-50-27-29-54(39-61(50)71(78)64-42-75-68-25-9-5-21-59(64)68)52-17-11-13-47(37-52)44-86(80,81)77-34-31-49-15-1-3-19-57(49)70(77)63-41-74-67-24-8-4-20-58(63)67/h1-30,37-43,70-72,74-76H,31-36,44-46H2/t70-,71+,72-/m1/s1. The van der Waals surface area contributed by atoms with Gasteiger partial charge >= 0.3 is 0 Å². The molecule has 0 spiro atoms. The van der Waals surface area contributed by atoms with E-state index in [2.05, 4.69) is 39.2 Å². The van der Waals surface area contributed by atoms with E-state index in [9.17, 15) is 16.8 Å². The third kappa shape index (κ3) is 10.1. The molecule has 12 nitrogen and oxygen atoms in total. The Balaban J connectivity index is 0.744. The molecule has 12 aromatic rings. The molecule has 88 heavy (non-hydrogen) atoms. The van der Waals surface area contributed by atoms with Crippen molar-refractivity contribution in [1.82, 2.24) is 27.9 Å². The zero-order valence-corrected chi connectivity index (χ0v) is 50.3. The first-order valence-electron chi connectivity index (χ1n) is 29.7. The maximum Gasteiger partial charge on any atom is 0.219 e. The minimum absolute atomic E-state index is 0.1000. The van der Waals surface area contributed by atoms with Crippen LogP contribution in [0.5, 0.6) is 0 Å². The molecular weight excluding hydrogens is 1160 g/mol. The van der Waals surface area contributed by atoms with Gasteiger partial charge in [-0.05, 0) is 122 Å². The van der Waals surface area contributed by atoms with Crippen LogP contribution in [0.4, 0.5) is 4.39 Å². The largest absolute Gasteiger partial charge is 0.361 e. The number of nitrogens with one attached hydrogen (secondary N) is 3. The third-order valence-electron chi connectivity index (χ3n) is 18.2. The number of nitrogens with zero attached hydrogens (tertiary/aromatic N) is 3. The van der Waals surface area contributed by atoms with Crippen LogP contribution in [0.25, 0.3) is 55.0 Å². The van der Waals surface area contributed by atoms with E-state index >= 15 is 12.8 Å². The molecule has 0 bridgehead atoms. The number of hydrogen-bond acceptors (Lipinski definition) is 6. The van der Waals surface area contributed by atoms with Crippen molar-refractivity contribution < 1.29 is 29.6 Å². The predicted molar refractivity (Wildman–Crippen MR) is 346 cm³/mol. The number of fused-ring (bicyclic) bond motifs is 6. The number of sulfonamides is 3. The molecule has 3 aliphatic heterocycles. The highest BCUT2D eigenvalue weighted by molar-refractivity contribution is 7.88. The monoisotopic (exact) mass is 1220 g/mol. The number of aromatic amines is 3. The van der Waals surface area contributed by atoms with Gasteiger partial charge in [-0.15, -0.1) is 0 Å². The van der Waals surface area contributed by atoms with Gasteiger partial charge < -0.3 is 15.0 Å². The van der Waals surface area contributed by atoms with Gasteiger partial charge in [-0.3, -0.25) is 0 Å². The van der Waals surface area contributed by atoms with Gasteiger partial charge in [0.2, 0.25) is 30.1 Å². The Morgan fingerprint density at radius 3 is 1.19 bits per heavy atom. The fourth-order valence-corrected chi connectivity index (χ4v) is 19.2. The summed E-state index contributed by atoms with van der Waals surface area (Å²) in [5, 5.41) is 2.76. The van der Waals surface area contributed by atoms with Crippen LogP contribution < -0.4 is 0 Å². The lowest BCUT2D eigenvalue weighted by Crippen LogP contribution is -2.41. The maximum atomic E-state index is 15.5. The summed E-state index contributed by atoms with van der Waals surface area (Å²) in [4.78, 5) is 10.1. The summed E-state index contributed by atoms with van der Waals surface area (Å²) in [6, 6.07) is 63.3. The predicted octanol–water partition coefficient (Wildman–Crippen LogP) is 14.0. The van der Waals surface area contributed by atoms with E-state index in [4.69, 9.17) is 0 Å². The molecule has 0 radical (unpaired) electrons. The van der Waals surface area contributed by atoms with Gasteiger partial charge in [0.25, 0.3) is 0 Å². The van der Waals surface area contributed by atoms with Crippen LogP contribution in [0.2, 0.25) is 0 Å². The van der Waals surface area contributed by atoms with Crippen molar-refractivity contribution in [2.75, 3.05) is 19.6 Å². The zero-order chi connectivity index (χ0) is 59.9. The Kier molecular flexibility index (Phi) is 14.0. The van der Waals surface area contributed by atoms with E-state index in [1.54, 1.807) is 20.7 Å². The van der Waals surface area contributed by atoms with Gasteiger partial charge in [-0.25, -0.2) is 29.6 Å². The van der Waals surface area contributed by atoms with Crippen molar-refractivity contribution in [2.24, 2.45) is 0 Å². The highest BCUT2D eigenvalue weighted by atomic mass is 32.2. The molecule has 0 saturated heterocycles. The third-order valence-corrected chi connectivity index (χ3v) is 23.6. The van der Waals surface area contributed by atoms with Gasteiger partial charge in [0.05, 0.1) is 35.4 Å². The molecule has 0 unspecified atom stereocenters. The van der Waals surface area contributed by atoms with E-state index in [1.165, 1.54) is 16.4 Å². The van der Waals surface area contributed by atoms with Crippen LogP contribution in [0.1, 0.15) is 84.9 Å². The van der Waals surface area contributed by atoms with Gasteiger partial charge in [-0.1, -0.05) is 170 Å². The summed E-state index contributed by atoms with van der Waals surface area (Å²) in [7, 11) is -12.0. The minimum Gasteiger partial charge on any atom is -0.361 e. The fourth-order valence-electron chi connectivity index (χ4n) is 14.1. The molecule has 9 aromatic carbocycles. The van der Waals surface area contributed by atoms with Crippen LogP contribution in [0, 0.1) is 5.82 Å². The molecule has 3 aliphatic rings. The van der Waals surface area contributed by atoms with Crippen molar-refractivity contribution in [2.45, 2.75) is 54.6 Å². The smallest absolute Gasteiger partial charge is 0.219 e. The Morgan fingerprint density at radius 1 is 0.352 bits per heavy atom. The summed E-state index contributed by atoms with van der Waals surface area (Å²) >= 11 is 0. The van der Waals surface area contributed by atoms with E-state index in [0.29, 0.717) is 36.9 Å². The first kappa shape index (κ1) is 55.8. The molecule has 3 aromatic heterocycles. The SMILES string of the molecule is O=S(=O)(Cc1cccc(-c2ccc3c(c2)[C@@H](c2c[nH]c4ccccc24)N(S(=O)(=O)Cc2cccc(-c4ccc5c(c4)[C@H](c4c[nH]c6ccccc46)N(S(=O)(=O)Cc4ccccc4F)CC5)c2)CC3)c1)N1CCc2ccccc2[C@@H]1c1c[nH]c2ccccc12. The molecule has 3 atom stereocenters. The Morgan fingerprint density at radius 2 is 0.727 bits per heavy atom. The maximum absolute atomic E-state index is 15.5. The second kappa shape index (κ2) is 22.1. The molecule has 0 saturated carbocycles. The number of aromatic nitrogens is 3. The van der Waals surface area contributed by atoms with Crippen LogP contribution in [-0.4, -0.2) is 72.8 Å². The zero-order valence-electron chi connectivity index (χ0n) is 47.9. The Bertz CT molecular complexity index is 5080. The fraction of sp³-hybridized carbons (Fsp3) is 0.167. The average molecular weight is 1220 g/mol. The highest BCUT2D eigenvalue weighted by Crippen LogP contribution is 2.46. The Hall–Kier alpha value is -8.74. The van der Waals surface area contributed by atoms with Crippen molar-refractivity contribution in [3.8, 4) is 22.3 Å². The molecule has 16 heteroatoms. The second-order valence-electron chi connectivity index (χ2n) is 23.4.